The van der Waals surface area contributed by atoms with Crippen molar-refractivity contribution in [1.82, 2.24) is 4.90 Å². The summed E-state index contributed by atoms with van der Waals surface area (Å²) in [7, 11) is 0. The summed E-state index contributed by atoms with van der Waals surface area (Å²) in [5.41, 5.74) is 2.58. The minimum absolute atomic E-state index is 0.0174. The molecule has 2 rings (SSSR count). The van der Waals surface area contributed by atoms with Crippen LogP contribution in [0.2, 0.25) is 0 Å². The van der Waals surface area contributed by atoms with Crippen LogP contribution in [0.5, 0.6) is 0 Å². The number of nitrogens with zero attached hydrogens (tertiary/aromatic N) is 1. The number of benzene rings is 1. The maximum atomic E-state index is 10.1. The lowest BCUT2D eigenvalue weighted by Gasteiger charge is -2.28. The molecular weight excluding hydrogens is 282 g/mol. The van der Waals surface area contributed by atoms with Gasteiger partial charge in [0.2, 0.25) is 0 Å². The summed E-state index contributed by atoms with van der Waals surface area (Å²) in [6.07, 6.45) is 2.63. The van der Waals surface area contributed by atoms with Crippen molar-refractivity contribution in [2.45, 2.75) is 31.5 Å². The molecule has 0 aromatic heterocycles. The second-order valence-corrected chi connectivity index (χ2v) is 5.81. The van der Waals surface area contributed by atoms with Crippen LogP contribution in [-0.2, 0) is 11.2 Å². The maximum Gasteiger partial charge on any atom is 0.0900 e. The summed E-state index contributed by atoms with van der Waals surface area (Å²) in [5, 5.41) is 28.1. The van der Waals surface area contributed by atoms with E-state index in [4.69, 9.17) is 14.9 Å². The van der Waals surface area contributed by atoms with Gasteiger partial charge in [0.15, 0.2) is 0 Å². The topological polar surface area (TPSA) is 73.2 Å². The standard InChI is InChI=1S/C17H27NO4/c19-10-8-18(9-11-20)12-15(21)13-22-17-7-3-5-14-4-1-2-6-16(14)17/h1-2,4,6,15,17,19-21H,3,5,7-13H2/t15-,17+/m0/s1. The first-order valence-electron chi connectivity index (χ1n) is 8.06. The Morgan fingerprint density at radius 1 is 1.18 bits per heavy atom. The molecule has 5 heteroatoms. The first-order valence-corrected chi connectivity index (χ1v) is 8.06. The second-order valence-electron chi connectivity index (χ2n) is 5.81. The Labute approximate surface area is 132 Å². The summed E-state index contributed by atoms with van der Waals surface area (Å²) in [5.74, 6) is 0. The molecule has 22 heavy (non-hydrogen) atoms. The van der Waals surface area contributed by atoms with Crippen molar-refractivity contribution < 1.29 is 20.1 Å². The van der Waals surface area contributed by atoms with Crippen LogP contribution in [0.15, 0.2) is 24.3 Å². The highest BCUT2D eigenvalue weighted by Gasteiger charge is 2.21. The van der Waals surface area contributed by atoms with Crippen LogP contribution in [0.3, 0.4) is 0 Å². The zero-order chi connectivity index (χ0) is 15.8. The number of aliphatic hydroxyl groups is 3. The highest BCUT2D eigenvalue weighted by Crippen LogP contribution is 2.32. The molecule has 0 saturated heterocycles. The number of hydrogen-bond donors (Lipinski definition) is 3. The minimum atomic E-state index is -0.618. The Bertz CT molecular complexity index is 434. The minimum Gasteiger partial charge on any atom is -0.395 e. The molecule has 2 atom stereocenters. The van der Waals surface area contributed by atoms with E-state index in [0.717, 1.165) is 19.3 Å². The molecule has 1 aliphatic rings. The van der Waals surface area contributed by atoms with Crippen molar-refractivity contribution in [3.63, 3.8) is 0 Å². The van der Waals surface area contributed by atoms with Gasteiger partial charge in [0.1, 0.15) is 0 Å². The lowest BCUT2D eigenvalue weighted by Crippen LogP contribution is -2.38. The van der Waals surface area contributed by atoms with E-state index in [9.17, 15) is 5.11 Å². The van der Waals surface area contributed by atoms with Crippen LogP contribution in [0.4, 0.5) is 0 Å². The van der Waals surface area contributed by atoms with Crippen LogP contribution < -0.4 is 0 Å². The predicted molar refractivity (Wildman–Crippen MR) is 84.7 cm³/mol. The summed E-state index contributed by atoms with van der Waals surface area (Å²) in [4.78, 5) is 1.84. The molecule has 0 heterocycles. The number of fused-ring (bicyclic) bond motifs is 1. The van der Waals surface area contributed by atoms with Crippen LogP contribution >= 0.6 is 0 Å². The summed E-state index contributed by atoms with van der Waals surface area (Å²) < 4.78 is 5.93. The highest BCUT2D eigenvalue weighted by molar-refractivity contribution is 5.31. The van der Waals surface area contributed by atoms with Crippen molar-refractivity contribution in [3.8, 4) is 0 Å². The molecule has 0 radical (unpaired) electrons. The lowest BCUT2D eigenvalue weighted by atomic mass is 9.89. The molecule has 5 nitrogen and oxygen atoms in total. The number of hydrogen-bond acceptors (Lipinski definition) is 5. The molecule has 3 N–H and O–H groups in total. The average Bonchev–Trinajstić information content (AvgIpc) is 2.53. The predicted octanol–water partition coefficient (Wildman–Crippen LogP) is 0.728. The monoisotopic (exact) mass is 309 g/mol. The van der Waals surface area contributed by atoms with Gasteiger partial charge in [-0.3, -0.25) is 4.90 Å². The van der Waals surface area contributed by atoms with E-state index in [2.05, 4.69) is 18.2 Å². The smallest absolute Gasteiger partial charge is 0.0900 e. The maximum absolute atomic E-state index is 10.1. The Balaban J connectivity index is 1.82. The van der Waals surface area contributed by atoms with Crippen LogP contribution in [-0.4, -0.2) is 65.8 Å². The fraction of sp³-hybridized carbons (Fsp3) is 0.647. The van der Waals surface area contributed by atoms with Gasteiger partial charge in [-0.2, -0.15) is 0 Å². The lowest BCUT2D eigenvalue weighted by molar-refractivity contribution is -0.0303. The number of ether oxygens (including phenoxy) is 1. The molecule has 0 spiro atoms. The largest absolute Gasteiger partial charge is 0.395 e. The zero-order valence-corrected chi connectivity index (χ0v) is 13.0. The van der Waals surface area contributed by atoms with Gasteiger partial charge in [-0.1, -0.05) is 24.3 Å². The van der Waals surface area contributed by atoms with Gasteiger partial charge in [-0.25, -0.2) is 0 Å². The van der Waals surface area contributed by atoms with Crippen LogP contribution in [0.25, 0.3) is 0 Å². The van der Waals surface area contributed by atoms with Gasteiger partial charge in [0.05, 0.1) is 32.0 Å². The van der Waals surface area contributed by atoms with Crippen molar-refractivity contribution in [2.75, 3.05) is 39.5 Å². The molecule has 0 unspecified atom stereocenters. The SMILES string of the molecule is OCCN(CCO)C[C@H](O)CO[C@@H]1CCCc2ccccc21. The Morgan fingerprint density at radius 2 is 1.91 bits per heavy atom. The quantitative estimate of drug-likeness (QED) is 0.627. The molecule has 124 valence electrons. The number of aryl methyl sites for hydroxylation is 1. The van der Waals surface area contributed by atoms with Gasteiger partial charge < -0.3 is 20.1 Å². The molecule has 0 bridgehead atoms. The third kappa shape index (κ3) is 5.04. The van der Waals surface area contributed by atoms with Gasteiger partial charge in [-0.15, -0.1) is 0 Å². The van der Waals surface area contributed by atoms with Gasteiger partial charge in [0.25, 0.3) is 0 Å². The molecule has 1 aromatic rings. The second kappa shape index (κ2) is 9.22. The molecule has 0 saturated carbocycles. The average molecular weight is 309 g/mol. The van der Waals surface area contributed by atoms with E-state index in [1.165, 1.54) is 11.1 Å². The highest BCUT2D eigenvalue weighted by atomic mass is 16.5. The van der Waals surface area contributed by atoms with E-state index in [-0.39, 0.29) is 25.9 Å². The fourth-order valence-corrected chi connectivity index (χ4v) is 3.04. The fourth-order valence-electron chi connectivity index (χ4n) is 3.04. The number of aliphatic hydroxyl groups excluding tert-OH is 3. The normalized spacial score (nSPS) is 19.2. The molecule has 0 amide bonds. The van der Waals surface area contributed by atoms with E-state index in [1.807, 2.05) is 11.0 Å². The Kier molecular flexibility index (Phi) is 7.29. The van der Waals surface area contributed by atoms with Crippen molar-refractivity contribution in [3.05, 3.63) is 35.4 Å². The first-order chi connectivity index (χ1) is 10.7. The van der Waals surface area contributed by atoms with Gasteiger partial charge in [0, 0.05) is 19.6 Å². The van der Waals surface area contributed by atoms with E-state index in [1.54, 1.807) is 0 Å². The first kappa shape index (κ1) is 17.4. The van der Waals surface area contributed by atoms with Gasteiger partial charge in [-0.05, 0) is 30.4 Å². The third-order valence-electron chi connectivity index (χ3n) is 4.11. The molecule has 0 fully saturated rings. The van der Waals surface area contributed by atoms with E-state index < -0.39 is 6.10 Å². The molecular formula is C17H27NO4. The third-order valence-corrected chi connectivity index (χ3v) is 4.11. The zero-order valence-electron chi connectivity index (χ0n) is 13.0. The Morgan fingerprint density at radius 3 is 2.64 bits per heavy atom. The van der Waals surface area contributed by atoms with Crippen molar-refractivity contribution in [1.29, 1.82) is 0 Å². The molecule has 1 aromatic carbocycles. The number of rotatable bonds is 9. The summed E-state index contributed by atoms with van der Waals surface area (Å²) in [6, 6.07) is 8.33. The van der Waals surface area contributed by atoms with Crippen molar-refractivity contribution >= 4 is 0 Å². The molecule has 1 aliphatic carbocycles. The summed E-state index contributed by atoms with van der Waals surface area (Å²) >= 11 is 0. The molecule has 0 aliphatic heterocycles. The van der Waals surface area contributed by atoms with E-state index in [0.29, 0.717) is 19.6 Å². The van der Waals surface area contributed by atoms with Crippen molar-refractivity contribution in [2.24, 2.45) is 0 Å². The van der Waals surface area contributed by atoms with Crippen LogP contribution in [0.1, 0.15) is 30.1 Å². The van der Waals surface area contributed by atoms with Crippen LogP contribution in [0, 0.1) is 0 Å². The summed E-state index contributed by atoms with van der Waals surface area (Å²) in [6.45, 7) is 1.60. The van der Waals surface area contributed by atoms with Gasteiger partial charge >= 0.3 is 0 Å². The van der Waals surface area contributed by atoms with E-state index >= 15 is 0 Å². The Hall–Kier alpha value is -0.980.